The van der Waals surface area contributed by atoms with Gasteiger partial charge in [-0.25, -0.2) is 4.98 Å². The summed E-state index contributed by atoms with van der Waals surface area (Å²) in [6, 6.07) is 1.35. The SMILES string of the molecule is CC1CCC(N(C)CC2Cc3nc[nH]c3CN2)CC1. The van der Waals surface area contributed by atoms with Crippen LogP contribution in [0.1, 0.15) is 44.0 Å². The van der Waals surface area contributed by atoms with Crippen LogP contribution in [-0.4, -0.2) is 40.5 Å². The molecule has 0 bridgehead atoms. The zero-order chi connectivity index (χ0) is 13.2. The average molecular weight is 262 g/mol. The summed E-state index contributed by atoms with van der Waals surface area (Å²) in [4.78, 5) is 10.2. The third kappa shape index (κ3) is 3.00. The van der Waals surface area contributed by atoms with Gasteiger partial charge in [-0.3, -0.25) is 0 Å². The van der Waals surface area contributed by atoms with Gasteiger partial charge in [0.2, 0.25) is 0 Å². The summed E-state index contributed by atoms with van der Waals surface area (Å²) in [6.45, 7) is 4.47. The average Bonchev–Trinajstić information content (AvgIpc) is 2.87. The van der Waals surface area contributed by atoms with Crippen LogP contribution in [-0.2, 0) is 13.0 Å². The number of aromatic nitrogens is 2. The van der Waals surface area contributed by atoms with E-state index < -0.39 is 0 Å². The van der Waals surface area contributed by atoms with Crippen LogP contribution >= 0.6 is 0 Å². The summed E-state index contributed by atoms with van der Waals surface area (Å²) < 4.78 is 0. The summed E-state index contributed by atoms with van der Waals surface area (Å²) in [6.07, 6.45) is 8.43. The van der Waals surface area contributed by atoms with E-state index in [0.717, 1.165) is 31.5 Å². The maximum absolute atomic E-state index is 4.42. The second-order valence-corrected chi connectivity index (χ2v) is 6.46. The van der Waals surface area contributed by atoms with Crippen molar-refractivity contribution in [1.82, 2.24) is 20.2 Å². The van der Waals surface area contributed by atoms with Gasteiger partial charge >= 0.3 is 0 Å². The molecule has 2 N–H and O–H groups in total. The van der Waals surface area contributed by atoms with Crippen molar-refractivity contribution in [3.63, 3.8) is 0 Å². The first-order valence-electron chi connectivity index (χ1n) is 7.67. The van der Waals surface area contributed by atoms with Gasteiger partial charge in [-0.1, -0.05) is 6.92 Å². The van der Waals surface area contributed by atoms with Crippen molar-refractivity contribution in [2.45, 2.75) is 57.7 Å². The second-order valence-electron chi connectivity index (χ2n) is 6.46. The van der Waals surface area contributed by atoms with Crippen LogP contribution in [0.15, 0.2) is 6.33 Å². The van der Waals surface area contributed by atoms with Crippen LogP contribution in [0.25, 0.3) is 0 Å². The van der Waals surface area contributed by atoms with Gasteiger partial charge < -0.3 is 15.2 Å². The molecular formula is C15H26N4. The van der Waals surface area contributed by atoms with Gasteiger partial charge in [-0.2, -0.15) is 0 Å². The van der Waals surface area contributed by atoms with Crippen LogP contribution in [0, 0.1) is 5.92 Å². The minimum atomic E-state index is 0.556. The van der Waals surface area contributed by atoms with Crippen molar-refractivity contribution >= 4 is 0 Å². The van der Waals surface area contributed by atoms with Gasteiger partial charge in [0.15, 0.2) is 0 Å². The van der Waals surface area contributed by atoms with E-state index in [4.69, 9.17) is 0 Å². The molecule has 4 nitrogen and oxygen atoms in total. The number of rotatable bonds is 3. The molecule has 1 saturated carbocycles. The van der Waals surface area contributed by atoms with Gasteiger partial charge in [0.1, 0.15) is 0 Å². The Hall–Kier alpha value is -0.870. The highest BCUT2D eigenvalue weighted by Crippen LogP contribution is 2.26. The van der Waals surface area contributed by atoms with Gasteiger partial charge in [0.25, 0.3) is 0 Å². The topological polar surface area (TPSA) is 44.0 Å². The zero-order valence-corrected chi connectivity index (χ0v) is 12.2. The molecule has 0 aromatic carbocycles. The van der Waals surface area contributed by atoms with Crippen LogP contribution < -0.4 is 5.32 Å². The van der Waals surface area contributed by atoms with E-state index in [1.807, 2.05) is 6.33 Å². The number of fused-ring (bicyclic) bond motifs is 1. The van der Waals surface area contributed by atoms with Crippen LogP contribution in [0.5, 0.6) is 0 Å². The lowest BCUT2D eigenvalue weighted by Crippen LogP contribution is -2.47. The molecule has 1 fully saturated rings. The Kier molecular flexibility index (Phi) is 3.89. The highest BCUT2D eigenvalue weighted by Gasteiger charge is 2.26. The summed E-state index contributed by atoms with van der Waals surface area (Å²) >= 11 is 0. The minimum absolute atomic E-state index is 0.556. The minimum Gasteiger partial charge on any atom is -0.347 e. The van der Waals surface area contributed by atoms with Crippen molar-refractivity contribution in [3.05, 3.63) is 17.7 Å². The molecule has 19 heavy (non-hydrogen) atoms. The largest absolute Gasteiger partial charge is 0.347 e. The zero-order valence-electron chi connectivity index (χ0n) is 12.2. The summed E-state index contributed by atoms with van der Waals surface area (Å²) in [5, 5.41) is 3.63. The molecule has 0 radical (unpaired) electrons. The van der Waals surface area contributed by atoms with Crippen molar-refractivity contribution in [2.75, 3.05) is 13.6 Å². The Morgan fingerprint density at radius 2 is 2.11 bits per heavy atom. The number of aromatic amines is 1. The van der Waals surface area contributed by atoms with Gasteiger partial charge in [-0.15, -0.1) is 0 Å². The van der Waals surface area contributed by atoms with E-state index in [0.29, 0.717) is 6.04 Å². The van der Waals surface area contributed by atoms with Crippen LogP contribution in [0.4, 0.5) is 0 Å². The highest BCUT2D eigenvalue weighted by molar-refractivity contribution is 5.16. The van der Waals surface area contributed by atoms with E-state index >= 15 is 0 Å². The predicted octanol–water partition coefficient (Wildman–Crippen LogP) is 1.93. The Labute approximate surface area is 116 Å². The maximum Gasteiger partial charge on any atom is 0.0925 e. The number of likely N-dealkylation sites (N-methyl/N-ethyl adjacent to an activating group) is 1. The molecule has 4 heteroatoms. The van der Waals surface area contributed by atoms with Crippen molar-refractivity contribution in [2.24, 2.45) is 5.92 Å². The number of nitrogens with one attached hydrogen (secondary N) is 2. The van der Waals surface area contributed by atoms with Gasteiger partial charge in [-0.05, 0) is 38.6 Å². The molecule has 0 spiro atoms. The molecule has 2 aliphatic rings. The smallest absolute Gasteiger partial charge is 0.0925 e. The monoisotopic (exact) mass is 262 g/mol. The molecule has 106 valence electrons. The first kappa shape index (κ1) is 13.1. The summed E-state index contributed by atoms with van der Waals surface area (Å²) in [7, 11) is 2.29. The number of imidazole rings is 1. The molecule has 3 rings (SSSR count). The summed E-state index contributed by atoms with van der Waals surface area (Å²) in [5.74, 6) is 0.934. The van der Waals surface area contributed by atoms with E-state index in [1.54, 1.807) is 0 Å². The first-order chi connectivity index (χ1) is 9.22. The molecule has 0 amide bonds. The Balaban J connectivity index is 1.52. The fourth-order valence-electron chi connectivity index (χ4n) is 3.54. The maximum atomic E-state index is 4.42. The number of hydrogen-bond donors (Lipinski definition) is 2. The summed E-state index contributed by atoms with van der Waals surface area (Å²) in [5.41, 5.74) is 2.53. The Bertz CT molecular complexity index is 406. The molecule has 2 heterocycles. The molecule has 1 aliphatic heterocycles. The third-order valence-corrected chi connectivity index (χ3v) is 4.93. The predicted molar refractivity (Wildman–Crippen MR) is 77.0 cm³/mol. The fraction of sp³-hybridized carbons (Fsp3) is 0.800. The van der Waals surface area contributed by atoms with E-state index in [1.165, 1.54) is 37.1 Å². The van der Waals surface area contributed by atoms with Crippen molar-refractivity contribution < 1.29 is 0 Å². The molecule has 1 atom stereocenters. The standard InChI is InChI=1S/C15H26N4/c1-11-3-5-13(6-4-11)19(2)9-12-7-14-15(8-16-12)18-10-17-14/h10-13,16H,3-9H2,1-2H3,(H,17,18). The van der Waals surface area contributed by atoms with Crippen LogP contribution in [0.2, 0.25) is 0 Å². The first-order valence-corrected chi connectivity index (χ1v) is 7.67. The molecule has 1 unspecified atom stereocenters. The normalized spacial score (nSPS) is 31.4. The van der Waals surface area contributed by atoms with E-state index in [2.05, 4.69) is 34.2 Å². The fourth-order valence-corrected chi connectivity index (χ4v) is 3.54. The highest BCUT2D eigenvalue weighted by atomic mass is 15.2. The lowest BCUT2D eigenvalue weighted by molar-refractivity contribution is 0.154. The lowest BCUT2D eigenvalue weighted by Gasteiger charge is -2.36. The number of nitrogens with zero attached hydrogens (tertiary/aromatic N) is 2. The number of hydrogen-bond acceptors (Lipinski definition) is 3. The Morgan fingerprint density at radius 3 is 2.89 bits per heavy atom. The molecular weight excluding hydrogens is 236 g/mol. The van der Waals surface area contributed by atoms with Crippen molar-refractivity contribution in [1.29, 1.82) is 0 Å². The molecule has 1 aliphatic carbocycles. The second kappa shape index (κ2) is 5.63. The Morgan fingerprint density at radius 1 is 1.32 bits per heavy atom. The molecule has 1 aromatic rings. The van der Waals surface area contributed by atoms with Gasteiger partial charge in [0, 0.05) is 31.6 Å². The third-order valence-electron chi connectivity index (χ3n) is 4.93. The van der Waals surface area contributed by atoms with E-state index in [-0.39, 0.29) is 0 Å². The van der Waals surface area contributed by atoms with Gasteiger partial charge in [0.05, 0.1) is 17.7 Å². The van der Waals surface area contributed by atoms with Crippen LogP contribution in [0.3, 0.4) is 0 Å². The number of H-pyrrole nitrogens is 1. The quantitative estimate of drug-likeness (QED) is 0.875. The van der Waals surface area contributed by atoms with Crippen molar-refractivity contribution in [3.8, 4) is 0 Å². The molecule has 1 aromatic heterocycles. The lowest BCUT2D eigenvalue weighted by atomic mass is 9.86. The van der Waals surface area contributed by atoms with E-state index in [9.17, 15) is 0 Å². The molecule has 0 saturated heterocycles.